The van der Waals surface area contributed by atoms with E-state index in [9.17, 15) is 21.6 Å². The lowest BCUT2D eigenvalue weighted by molar-refractivity contribution is -0.157. The minimum absolute atomic E-state index is 0.156. The normalized spacial score (nSPS) is 13.4. The molecule has 160 valence electrons. The summed E-state index contributed by atoms with van der Waals surface area (Å²) in [5, 5.41) is 0.536. The Morgan fingerprint density at radius 3 is 2.37 bits per heavy atom. The summed E-state index contributed by atoms with van der Waals surface area (Å²) < 4.78 is 73.6. The number of nitrogens with one attached hydrogen (secondary N) is 1. The number of ether oxygens (including phenoxy) is 1. The van der Waals surface area contributed by atoms with Gasteiger partial charge in [0.15, 0.2) is 6.04 Å². The van der Waals surface area contributed by atoms with Gasteiger partial charge in [-0.15, -0.1) is 0 Å². The van der Waals surface area contributed by atoms with E-state index in [0.29, 0.717) is 22.0 Å². The highest BCUT2D eigenvalue weighted by molar-refractivity contribution is 7.89. The molecule has 30 heavy (non-hydrogen) atoms. The third kappa shape index (κ3) is 4.73. The number of aryl methyl sites for hydroxylation is 3. The number of hydrogen-bond acceptors (Lipinski definition) is 4. The van der Waals surface area contributed by atoms with Gasteiger partial charge in [0.05, 0.1) is 10.4 Å². The zero-order chi connectivity index (χ0) is 22.1. The lowest BCUT2D eigenvalue weighted by Crippen LogP contribution is -2.49. The van der Waals surface area contributed by atoms with Gasteiger partial charge in [-0.05, 0) is 56.2 Å². The monoisotopic (exact) mass is 438 g/mol. The molecule has 3 aromatic rings. The number of nitrogens with zero attached hydrogens (tertiary/aromatic N) is 1. The smallest absolute Gasteiger partial charge is 0.408 e. The molecule has 0 fully saturated rings. The maximum Gasteiger partial charge on any atom is 0.408 e. The summed E-state index contributed by atoms with van der Waals surface area (Å²) >= 11 is 0. The molecule has 1 heterocycles. The number of fused-ring (bicyclic) bond motifs is 1. The highest BCUT2D eigenvalue weighted by atomic mass is 32.2. The standard InChI is InChI=1S/C21H21F3N2O3S/c1-13-10-14(2)20(15(3)11-13)30(27,28)26-19(21(22,23)24)12-29-18-8-4-7-17-16(18)6-5-9-25-17/h4-11,19,26H,12H2,1-3H3. The Labute approximate surface area is 173 Å². The number of aromatic nitrogens is 1. The number of pyridine rings is 1. The van der Waals surface area contributed by atoms with E-state index in [4.69, 9.17) is 4.74 Å². The third-order valence-corrected chi connectivity index (χ3v) is 6.35. The van der Waals surface area contributed by atoms with Crippen LogP contribution in [-0.2, 0) is 10.0 Å². The van der Waals surface area contributed by atoms with Crippen LogP contribution in [0.25, 0.3) is 10.9 Å². The van der Waals surface area contributed by atoms with E-state index < -0.39 is 28.8 Å². The van der Waals surface area contributed by atoms with Crippen LogP contribution < -0.4 is 9.46 Å². The highest BCUT2D eigenvalue weighted by Crippen LogP contribution is 2.28. The maximum atomic E-state index is 13.6. The average Bonchev–Trinajstić information content (AvgIpc) is 2.63. The third-order valence-electron chi connectivity index (χ3n) is 4.58. The molecule has 0 saturated heterocycles. The fraction of sp³-hybridized carbons (Fsp3) is 0.286. The van der Waals surface area contributed by atoms with Gasteiger partial charge >= 0.3 is 6.18 Å². The number of halogens is 3. The Morgan fingerprint density at radius 1 is 1.07 bits per heavy atom. The van der Waals surface area contributed by atoms with Gasteiger partial charge in [0.2, 0.25) is 10.0 Å². The van der Waals surface area contributed by atoms with Crippen molar-refractivity contribution in [1.82, 2.24) is 9.71 Å². The molecule has 0 aliphatic heterocycles. The van der Waals surface area contributed by atoms with E-state index in [1.807, 2.05) is 0 Å². The van der Waals surface area contributed by atoms with Gasteiger partial charge in [-0.1, -0.05) is 23.8 Å². The van der Waals surface area contributed by atoms with Crippen molar-refractivity contribution in [3.8, 4) is 5.75 Å². The van der Waals surface area contributed by atoms with Gasteiger partial charge in [-0.3, -0.25) is 4.98 Å². The predicted molar refractivity (Wildman–Crippen MR) is 108 cm³/mol. The van der Waals surface area contributed by atoms with Crippen LogP contribution in [0, 0.1) is 20.8 Å². The molecule has 1 unspecified atom stereocenters. The Balaban J connectivity index is 1.89. The summed E-state index contributed by atoms with van der Waals surface area (Å²) in [6, 6.07) is 8.94. The van der Waals surface area contributed by atoms with E-state index in [1.165, 1.54) is 6.07 Å². The molecule has 3 rings (SSSR count). The molecule has 2 aromatic carbocycles. The molecule has 0 radical (unpaired) electrons. The SMILES string of the molecule is Cc1cc(C)c(S(=O)(=O)NC(COc2cccc3ncccc23)C(F)(F)F)c(C)c1. The van der Waals surface area contributed by atoms with Crippen molar-refractivity contribution in [3.63, 3.8) is 0 Å². The van der Waals surface area contributed by atoms with Crippen molar-refractivity contribution in [3.05, 3.63) is 65.4 Å². The molecule has 0 bridgehead atoms. The largest absolute Gasteiger partial charge is 0.491 e. The van der Waals surface area contributed by atoms with Crippen molar-refractivity contribution < 1.29 is 26.3 Å². The van der Waals surface area contributed by atoms with E-state index in [0.717, 1.165) is 5.56 Å². The van der Waals surface area contributed by atoms with Crippen LogP contribution in [0.3, 0.4) is 0 Å². The van der Waals surface area contributed by atoms with Crippen molar-refractivity contribution >= 4 is 20.9 Å². The van der Waals surface area contributed by atoms with Gasteiger partial charge in [0, 0.05) is 11.6 Å². The van der Waals surface area contributed by atoms with Crippen LogP contribution in [0.15, 0.2) is 53.6 Å². The summed E-state index contributed by atoms with van der Waals surface area (Å²) in [7, 11) is -4.43. The summed E-state index contributed by atoms with van der Waals surface area (Å²) in [6.45, 7) is 3.98. The van der Waals surface area contributed by atoms with Gasteiger partial charge in [-0.25, -0.2) is 8.42 Å². The van der Waals surface area contributed by atoms with Crippen molar-refractivity contribution in [2.24, 2.45) is 0 Å². The van der Waals surface area contributed by atoms with Crippen LogP contribution in [0.1, 0.15) is 16.7 Å². The van der Waals surface area contributed by atoms with E-state index in [-0.39, 0.29) is 10.6 Å². The molecular weight excluding hydrogens is 417 g/mol. The Bertz CT molecular complexity index is 1150. The maximum absolute atomic E-state index is 13.6. The summed E-state index contributed by atoms with van der Waals surface area (Å²) in [4.78, 5) is 3.97. The van der Waals surface area contributed by atoms with Crippen molar-refractivity contribution in [2.75, 3.05) is 6.61 Å². The molecule has 0 saturated carbocycles. The first-order chi connectivity index (χ1) is 14.0. The quantitative estimate of drug-likeness (QED) is 0.618. The second-order valence-corrected chi connectivity index (χ2v) is 8.73. The van der Waals surface area contributed by atoms with Crippen LogP contribution in [0.2, 0.25) is 0 Å². The molecular formula is C21H21F3N2O3S. The fourth-order valence-corrected chi connectivity index (χ4v) is 5.07. The number of hydrogen-bond donors (Lipinski definition) is 1. The average molecular weight is 438 g/mol. The highest BCUT2D eigenvalue weighted by Gasteiger charge is 2.43. The lowest BCUT2D eigenvalue weighted by Gasteiger charge is -2.23. The topological polar surface area (TPSA) is 68.3 Å². The molecule has 0 aliphatic carbocycles. The number of benzene rings is 2. The fourth-order valence-electron chi connectivity index (χ4n) is 3.41. The molecule has 5 nitrogen and oxygen atoms in total. The molecule has 9 heteroatoms. The minimum atomic E-state index is -4.84. The molecule has 0 aliphatic rings. The predicted octanol–water partition coefficient (Wildman–Crippen LogP) is 4.45. The first kappa shape index (κ1) is 22.0. The summed E-state index contributed by atoms with van der Waals surface area (Å²) in [5.74, 6) is 0.191. The van der Waals surface area contributed by atoms with E-state index in [2.05, 4.69) is 4.98 Å². The molecule has 1 aromatic heterocycles. The van der Waals surface area contributed by atoms with Crippen LogP contribution in [-0.4, -0.2) is 32.2 Å². The first-order valence-corrected chi connectivity index (χ1v) is 10.6. The van der Waals surface area contributed by atoms with E-state index >= 15 is 0 Å². The van der Waals surface area contributed by atoms with Gasteiger partial charge in [0.25, 0.3) is 0 Å². The summed E-state index contributed by atoms with van der Waals surface area (Å²) in [6.07, 6.45) is -3.28. The second-order valence-electron chi connectivity index (χ2n) is 7.08. The van der Waals surface area contributed by atoms with Crippen LogP contribution in [0.4, 0.5) is 13.2 Å². The number of sulfonamides is 1. The minimum Gasteiger partial charge on any atom is -0.491 e. The second kappa shape index (κ2) is 8.23. The zero-order valence-corrected chi connectivity index (χ0v) is 17.4. The van der Waals surface area contributed by atoms with Gasteiger partial charge < -0.3 is 4.74 Å². The molecule has 1 N–H and O–H groups in total. The number of rotatable bonds is 6. The Kier molecular flexibility index (Phi) is 6.05. The van der Waals surface area contributed by atoms with Crippen molar-refractivity contribution in [1.29, 1.82) is 0 Å². The van der Waals surface area contributed by atoms with Crippen LogP contribution in [0.5, 0.6) is 5.75 Å². The lowest BCUT2D eigenvalue weighted by atomic mass is 10.1. The summed E-state index contributed by atoms with van der Waals surface area (Å²) in [5.41, 5.74) is 2.14. The van der Waals surface area contributed by atoms with E-state index in [1.54, 1.807) is 68.1 Å². The van der Waals surface area contributed by atoms with Crippen molar-refractivity contribution in [2.45, 2.75) is 37.9 Å². The zero-order valence-electron chi connectivity index (χ0n) is 16.6. The molecule has 0 spiro atoms. The Morgan fingerprint density at radius 2 is 1.73 bits per heavy atom. The van der Waals surface area contributed by atoms with Crippen LogP contribution >= 0.6 is 0 Å². The molecule has 0 amide bonds. The van der Waals surface area contributed by atoms with Gasteiger partial charge in [-0.2, -0.15) is 17.9 Å². The van der Waals surface area contributed by atoms with Gasteiger partial charge in [0.1, 0.15) is 12.4 Å². The number of alkyl halides is 3. The first-order valence-electron chi connectivity index (χ1n) is 9.12. The molecule has 1 atom stereocenters. The Hall–Kier alpha value is -2.65.